The quantitative estimate of drug-likeness (QED) is 0.181. The summed E-state index contributed by atoms with van der Waals surface area (Å²) in [5.74, 6) is 1.69. The Kier molecular flexibility index (Phi) is 9.02. The van der Waals surface area contributed by atoms with Gasteiger partial charge in [-0.05, 0) is 59.4 Å². The lowest BCUT2D eigenvalue weighted by Gasteiger charge is -2.42. The molecule has 3 heterocycles. The Balaban J connectivity index is 1.31. The van der Waals surface area contributed by atoms with E-state index in [1.165, 1.54) is 24.0 Å². The molecular weight excluding hydrogens is 548 g/mol. The van der Waals surface area contributed by atoms with Gasteiger partial charge in [0.2, 0.25) is 0 Å². The van der Waals surface area contributed by atoms with Gasteiger partial charge >= 0.3 is 0 Å². The van der Waals surface area contributed by atoms with Crippen LogP contribution in [0, 0.1) is 0 Å². The molecule has 44 heavy (non-hydrogen) atoms. The molecule has 0 aliphatic carbocycles. The minimum Gasteiger partial charge on any atom is -0.362 e. The highest BCUT2D eigenvalue weighted by molar-refractivity contribution is 6.00. The number of H-pyrrole nitrogens is 1. The van der Waals surface area contributed by atoms with Crippen LogP contribution in [0.5, 0.6) is 0 Å². The summed E-state index contributed by atoms with van der Waals surface area (Å²) in [5.41, 5.74) is 6.88. The zero-order valence-corrected chi connectivity index (χ0v) is 26.1. The van der Waals surface area contributed by atoms with Gasteiger partial charge in [-0.25, -0.2) is 10.1 Å². The van der Waals surface area contributed by atoms with E-state index in [1.54, 1.807) is 7.11 Å². The molecule has 4 aromatic rings. The molecule has 2 aliphatic heterocycles. The van der Waals surface area contributed by atoms with Gasteiger partial charge in [0.25, 0.3) is 0 Å². The lowest BCUT2D eigenvalue weighted by molar-refractivity contribution is -0.00536. The number of benzene rings is 3. The first kappa shape index (κ1) is 29.6. The molecule has 3 unspecified atom stereocenters. The van der Waals surface area contributed by atoms with Gasteiger partial charge in [-0.1, -0.05) is 98.6 Å². The molecule has 1 aromatic heterocycles. The number of methoxy groups -OCH3 is 1. The molecule has 3 aromatic carbocycles. The van der Waals surface area contributed by atoms with Crippen molar-refractivity contribution in [2.45, 2.75) is 71.4 Å². The molecule has 3 atom stereocenters. The molecule has 0 fully saturated rings. The number of amidine groups is 1. The number of aliphatic imine (C=N–C) groups is 1. The van der Waals surface area contributed by atoms with E-state index in [9.17, 15) is 0 Å². The molecular formula is C35H42N8O. The number of ether oxygens (including phenoxy) is 1. The van der Waals surface area contributed by atoms with Gasteiger partial charge in [0.15, 0.2) is 11.7 Å². The van der Waals surface area contributed by atoms with Gasteiger partial charge < -0.3 is 19.4 Å². The van der Waals surface area contributed by atoms with E-state index in [2.05, 4.69) is 123 Å². The van der Waals surface area contributed by atoms with Crippen molar-refractivity contribution in [2.24, 2.45) is 4.99 Å². The van der Waals surface area contributed by atoms with Crippen LogP contribution in [0.1, 0.15) is 63.6 Å². The van der Waals surface area contributed by atoms with Crippen molar-refractivity contribution in [1.82, 2.24) is 35.3 Å². The molecule has 0 saturated carbocycles. The fourth-order valence-electron chi connectivity index (χ4n) is 6.12. The molecule has 0 bridgehead atoms. The van der Waals surface area contributed by atoms with Crippen LogP contribution in [0.25, 0.3) is 22.5 Å². The molecule has 0 saturated heterocycles. The maximum absolute atomic E-state index is 5.87. The van der Waals surface area contributed by atoms with E-state index in [-0.39, 0.29) is 18.4 Å². The highest BCUT2D eigenvalue weighted by Gasteiger charge is 2.39. The zero-order valence-electron chi connectivity index (χ0n) is 26.1. The van der Waals surface area contributed by atoms with Crippen LogP contribution >= 0.6 is 0 Å². The van der Waals surface area contributed by atoms with Crippen molar-refractivity contribution in [3.05, 3.63) is 102 Å². The van der Waals surface area contributed by atoms with Gasteiger partial charge in [0.05, 0.1) is 18.4 Å². The van der Waals surface area contributed by atoms with E-state index in [0.717, 1.165) is 54.3 Å². The van der Waals surface area contributed by atoms with Crippen LogP contribution in [0.3, 0.4) is 0 Å². The number of hydrogen-bond acceptors (Lipinski definition) is 8. The largest absolute Gasteiger partial charge is 0.362 e. The molecule has 9 heteroatoms. The van der Waals surface area contributed by atoms with Crippen molar-refractivity contribution in [3.63, 3.8) is 0 Å². The highest BCUT2D eigenvalue weighted by Crippen LogP contribution is 2.36. The number of hydrogen-bond donors (Lipinski definition) is 1. The highest BCUT2D eigenvalue weighted by atomic mass is 16.5. The smallest absolute Gasteiger partial charge is 0.180 e. The standard InChI is InChI=1S/C35H42N8O/c1-5-6-8-17-33-36-35-32(23-41(24-43(35)26(3)44-4)25(2)28-13-9-7-10-14-28)42(33)22-27-18-20-29(21-19-27)30-15-11-12-16-31(30)34-37-39-40-38-34/h7,9-16,18-21,23,25-26,33H,5-6,8,17,22,24H2,1-4H3,(H,37,38,39,40). The number of nitrogens with zero attached hydrogens (tertiary/aromatic N) is 7. The molecule has 6 rings (SSSR count). The minimum atomic E-state index is -0.0990. The van der Waals surface area contributed by atoms with E-state index in [1.807, 2.05) is 18.2 Å². The predicted molar refractivity (Wildman–Crippen MR) is 174 cm³/mol. The summed E-state index contributed by atoms with van der Waals surface area (Å²) >= 11 is 0. The second kappa shape index (κ2) is 13.4. The van der Waals surface area contributed by atoms with E-state index in [4.69, 9.17) is 9.73 Å². The van der Waals surface area contributed by atoms with Crippen LogP contribution in [-0.2, 0) is 11.3 Å². The molecule has 228 valence electrons. The number of aromatic nitrogens is 4. The average molecular weight is 591 g/mol. The summed E-state index contributed by atoms with van der Waals surface area (Å²) in [6, 6.07) is 28.0. The molecule has 0 amide bonds. The summed E-state index contributed by atoms with van der Waals surface area (Å²) in [7, 11) is 1.78. The van der Waals surface area contributed by atoms with Crippen molar-refractivity contribution < 1.29 is 4.74 Å². The average Bonchev–Trinajstić information content (AvgIpc) is 3.73. The fraction of sp³-hybridized carbons (Fsp3) is 0.371. The number of unbranched alkanes of at least 4 members (excludes halogenated alkanes) is 2. The number of fused-ring (bicyclic) bond motifs is 1. The Morgan fingerprint density at radius 3 is 2.39 bits per heavy atom. The van der Waals surface area contributed by atoms with Gasteiger partial charge in [0.1, 0.15) is 12.4 Å². The minimum absolute atomic E-state index is 0.0840. The maximum atomic E-state index is 5.87. The lowest BCUT2D eigenvalue weighted by atomic mass is 9.98. The van der Waals surface area contributed by atoms with Crippen molar-refractivity contribution in [1.29, 1.82) is 0 Å². The van der Waals surface area contributed by atoms with Crippen LogP contribution in [0.4, 0.5) is 0 Å². The third kappa shape index (κ3) is 6.10. The number of nitrogens with one attached hydrogen (secondary N) is 1. The van der Waals surface area contributed by atoms with E-state index in [0.29, 0.717) is 5.82 Å². The summed E-state index contributed by atoms with van der Waals surface area (Å²) in [6.45, 7) is 8.12. The number of tetrazole rings is 1. The third-order valence-corrected chi connectivity index (χ3v) is 8.82. The molecule has 9 nitrogen and oxygen atoms in total. The summed E-state index contributed by atoms with van der Waals surface area (Å²) in [6.07, 6.45) is 6.88. The van der Waals surface area contributed by atoms with Crippen LogP contribution < -0.4 is 0 Å². The number of aromatic amines is 1. The zero-order chi connectivity index (χ0) is 30.5. The van der Waals surface area contributed by atoms with Crippen LogP contribution in [0.15, 0.2) is 95.8 Å². The molecule has 2 aliphatic rings. The third-order valence-electron chi connectivity index (χ3n) is 8.82. The molecule has 0 spiro atoms. The van der Waals surface area contributed by atoms with Gasteiger partial charge in [-0.2, -0.15) is 0 Å². The number of rotatable bonds is 12. The van der Waals surface area contributed by atoms with Crippen molar-refractivity contribution in [3.8, 4) is 22.5 Å². The Hall–Kier alpha value is -4.50. The normalized spacial score (nSPS) is 17.7. The van der Waals surface area contributed by atoms with E-state index >= 15 is 0 Å². The maximum Gasteiger partial charge on any atom is 0.180 e. The first-order valence-electron chi connectivity index (χ1n) is 15.7. The van der Waals surface area contributed by atoms with Crippen LogP contribution in [0.2, 0.25) is 0 Å². The van der Waals surface area contributed by atoms with Gasteiger partial charge in [-0.3, -0.25) is 0 Å². The van der Waals surface area contributed by atoms with Gasteiger partial charge in [-0.15, -0.1) is 5.10 Å². The lowest BCUT2D eigenvalue weighted by Crippen LogP contribution is -2.50. The monoisotopic (exact) mass is 590 g/mol. The SMILES string of the molecule is CCCCCC1N=C2C(=CN(C(C)c3ccccc3)CN2C(C)OC)N1Cc1ccc(-c2ccccc2-c2nnn[nH]2)cc1. The first-order chi connectivity index (χ1) is 21.6. The molecule has 0 radical (unpaired) electrons. The second-order valence-electron chi connectivity index (χ2n) is 11.6. The van der Waals surface area contributed by atoms with Crippen molar-refractivity contribution in [2.75, 3.05) is 13.8 Å². The van der Waals surface area contributed by atoms with Gasteiger partial charge in [0, 0.05) is 25.4 Å². The summed E-state index contributed by atoms with van der Waals surface area (Å²) < 4.78 is 5.87. The van der Waals surface area contributed by atoms with Crippen molar-refractivity contribution >= 4 is 5.84 Å². The second-order valence-corrected chi connectivity index (χ2v) is 11.6. The topological polar surface area (TPSA) is 85.8 Å². The Morgan fingerprint density at radius 2 is 1.68 bits per heavy atom. The Labute approximate surface area is 260 Å². The van der Waals surface area contributed by atoms with Crippen LogP contribution in [-0.4, -0.2) is 67.3 Å². The Bertz CT molecular complexity index is 1570. The summed E-state index contributed by atoms with van der Waals surface area (Å²) in [5, 5.41) is 14.6. The predicted octanol–water partition coefficient (Wildman–Crippen LogP) is 6.82. The van der Waals surface area contributed by atoms with E-state index < -0.39 is 0 Å². The summed E-state index contributed by atoms with van der Waals surface area (Å²) in [4.78, 5) is 12.6. The fourth-order valence-corrected chi connectivity index (χ4v) is 6.12. The molecule has 1 N–H and O–H groups in total. The first-order valence-corrected chi connectivity index (χ1v) is 15.7. The Morgan fingerprint density at radius 1 is 0.932 bits per heavy atom.